The number of carbonyl (C=O) groups is 1. The molecule has 1 N–H and O–H groups in total. The fourth-order valence-electron chi connectivity index (χ4n) is 1.01. The summed E-state index contributed by atoms with van der Waals surface area (Å²) in [6, 6.07) is -0.0342. The van der Waals surface area contributed by atoms with Crippen LogP contribution in [-0.2, 0) is 0 Å². The van der Waals surface area contributed by atoms with Gasteiger partial charge < -0.3 is 0 Å². The predicted molar refractivity (Wildman–Crippen MR) is 50.5 cm³/mol. The number of nitrogens with zero attached hydrogens (tertiary/aromatic N) is 2. The summed E-state index contributed by atoms with van der Waals surface area (Å²) < 4.78 is 0. The van der Waals surface area contributed by atoms with Gasteiger partial charge in [0.05, 0.1) is 5.03 Å². The molecule has 1 aliphatic heterocycles. The van der Waals surface area contributed by atoms with Gasteiger partial charge in [-0.1, -0.05) is 0 Å². The standard InChI is InChI=1S/C7H13N3OS/c1-9-6(12-3)4-5-8-10(2)7(9)11/h4,8H,5H2,1-3H3. The van der Waals surface area contributed by atoms with E-state index in [1.165, 1.54) is 5.01 Å². The maximum Gasteiger partial charge on any atom is 0.338 e. The van der Waals surface area contributed by atoms with Gasteiger partial charge in [-0.05, 0) is 12.3 Å². The second kappa shape index (κ2) is 3.82. The Morgan fingerprint density at radius 1 is 1.58 bits per heavy atom. The molecule has 1 aliphatic rings. The Bertz CT molecular complexity index is 217. The minimum absolute atomic E-state index is 0.0342. The van der Waals surface area contributed by atoms with Gasteiger partial charge in [-0.15, -0.1) is 11.8 Å². The average Bonchev–Trinajstić information content (AvgIpc) is 2.19. The fraction of sp³-hybridized carbons (Fsp3) is 0.571. The third kappa shape index (κ3) is 1.73. The third-order valence-corrected chi connectivity index (χ3v) is 2.58. The van der Waals surface area contributed by atoms with Crippen LogP contribution in [-0.4, -0.2) is 42.8 Å². The molecule has 1 rings (SSSR count). The van der Waals surface area contributed by atoms with Gasteiger partial charge in [-0.2, -0.15) is 0 Å². The van der Waals surface area contributed by atoms with Crippen molar-refractivity contribution in [3.63, 3.8) is 0 Å². The van der Waals surface area contributed by atoms with Crippen LogP contribution in [0.5, 0.6) is 0 Å². The van der Waals surface area contributed by atoms with Crippen LogP contribution in [0.3, 0.4) is 0 Å². The molecule has 0 aromatic carbocycles. The lowest BCUT2D eigenvalue weighted by atomic mass is 10.6. The minimum atomic E-state index is -0.0342. The molecular weight excluding hydrogens is 174 g/mol. The monoisotopic (exact) mass is 187 g/mol. The third-order valence-electron chi connectivity index (χ3n) is 1.72. The summed E-state index contributed by atoms with van der Waals surface area (Å²) in [5.41, 5.74) is 2.94. The summed E-state index contributed by atoms with van der Waals surface area (Å²) in [4.78, 5) is 13.1. The molecule has 0 saturated carbocycles. The highest BCUT2D eigenvalue weighted by atomic mass is 32.2. The molecule has 0 fully saturated rings. The highest BCUT2D eigenvalue weighted by Gasteiger charge is 2.19. The lowest BCUT2D eigenvalue weighted by Gasteiger charge is -2.22. The predicted octanol–water partition coefficient (Wildman–Crippen LogP) is 0.693. The van der Waals surface area contributed by atoms with Gasteiger partial charge in [0.25, 0.3) is 0 Å². The van der Waals surface area contributed by atoms with Crippen molar-refractivity contribution in [1.29, 1.82) is 0 Å². The molecule has 0 aromatic rings. The fourth-order valence-corrected chi connectivity index (χ4v) is 1.62. The van der Waals surface area contributed by atoms with Crippen molar-refractivity contribution < 1.29 is 4.79 Å². The Labute approximate surface area is 76.6 Å². The van der Waals surface area contributed by atoms with Gasteiger partial charge in [0, 0.05) is 20.6 Å². The van der Waals surface area contributed by atoms with E-state index in [1.54, 1.807) is 30.8 Å². The summed E-state index contributed by atoms with van der Waals surface area (Å²) in [6.07, 6.45) is 3.95. The number of hydrazine groups is 1. The molecule has 0 unspecified atom stereocenters. The Morgan fingerprint density at radius 3 is 2.83 bits per heavy atom. The number of hydrogen-bond acceptors (Lipinski definition) is 3. The number of nitrogens with one attached hydrogen (secondary N) is 1. The van der Waals surface area contributed by atoms with Crippen LogP contribution in [0, 0.1) is 0 Å². The van der Waals surface area contributed by atoms with Crippen molar-refractivity contribution in [3.05, 3.63) is 11.1 Å². The molecule has 0 saturated heterocycles. The van der Waals surface area contributed by atoms with Crippen molar-refractivity contribution in [1.82, 2.24) is 15.3 Å². The van der Waals surface area contributed by atoms with E-state index in [4.69, 9.17) is 0 Å². The summed E-state index contributed by atoms with van der Waals surface area (Å²) in [7, 11) is 3.49. The molecule has 68 valence electrons. The van der Waals surface area contributed by atoms with Gasteiger partial charge in [-0.25, -0.2) is 10.2 Å². The number of rotatable bonds is 1. The average molecular weight is 187 g/mol. The molecule has 0 atom stereocenters. The molecule has 0 spiro atoms. The Morgan fingerprint density at radius 2 is 2.25 bits per heavy atom. The summed E-state index contributed by atoms with van der Waals surface area (Å²) in [5, 5.41) is 2.47. The molecule has 2 amide bonds. The highest BCUT2D eigenvalue weighted by Crippen LogP contribution is 2.17. The molecule has 0 aliphatic carbocycles. The topological polar surface area (TPSA) is 35.6 Å². The lowest BCUT2D eigenvalue weighted by molar-refractivity contribution is 0.171. The van der Waals surface area contributed by atoms with Crippen LogP contribution < -0.4 is 5.43 Å². The van der Waals surface area contributed by atoms with E-state index in [2.05, 4.69) is 5.43 Å². The van der Waals surface area contributed by atoms with Crippen molar-refractivity contribution in [2.75, 3.05) is 26.9 Å². The van der Waals surface area contributed by atoms with E-state index >= 15 is 0 Å². The van der Waals surface area contributed by atoms with E-state index in [0.29, 0.717) is 6.54 Å². The Kier molecular flexibility index (Phi) is 2.99. The van der Waals surface area contributed by atoms with Crippen LogP contribution in [0.2, 0.25) is 0 Å². The summed E-state index contributed by atoms with van der Waals surface area (Å²) in [6.45, 7) is 0.697. The van der Waals surface area contributed by atoms with Crippen LogP contribution in [0.25, 0.3) is 0 Å². The zero-order valence-corrected chi connectivity index (χ0v) is 8.31. The largest absolute Gasteiger partial charge is 0.338 e. The molecule has 0 bridgehead atoms. The van der Waals surface area contributed by atoms with E-state index < -0.39 is 0 Å². The quantitative estimate of drug-likeness (QED) is 0.656. The first-order chi connectivity index (χ1) is 5.66. The minimum Gasteiger partial charge on any atom is -0.291 e. The normalized spacial score (nSPS) is 19.2. The molecule has 4 nitrogen and oxygen atoms in total. The Hall–Kier alpha value is -0.680. The van der Waals surface area contributed by atoms with Crippen molar-refractivity contribution in [2.24, 2.45) is 0 Å². The van der Waals surface area contributed by atoms with Crippen molar-refractivity contribution in [3.8, 4) is 0 Å². The molecule has 5 heteroatoms. The smallest absolute Gasteiger partial charge is 0.291 e. The number of carbonyl (C=O) groups excluding carboxylic acids is 1. The first-order valence-electron chi connectivity index (χ1n) is 3.66. The van der Waals surface area contributed by atoms with Crippen LogP contribution in [0.15, 0.2) is 11.1 Å². The van der Waals surface area contributed by atoms with Gasteiger partial charge in [-0.3, -0.25) is 9.91 Å². The van der Waals surface area contributed by atoms with E-state index in [9.17, 15) is 4.79 Å². The first kappa shape index (κ1) is 9.41. The second-order valence-corrected chi connectivity index (χ2v) is 3.34. The molecule has 1 heterocycles. The van der Waals surface area contributed by atoms with Gasteiger partial charge in [0.2, 0.25) is 0 Å². The number of hydrogen-bond donors (Lipinski definition) is 1. The lowest BCUT2D eigenvalue weighted by Crippen LogP contribution is -2.43. The maximum absolute atomic E-state index is 11.4. The molecule has 0 radical (unpaired) electrons. The van der Waals surface area contributed by atoms with E-state index in [0.717, 1.165) is 5.03 Å². The van der Waals surface area contributed by atoms with E-state index in [1.807, 2.05) is 12.3 Å². The molecular formula is C7H13N3OS. The van der Waals surface area contributed by atoms with Gasteiger partial charge >= 0.3 is 6.03 Å². The van der Waals surface area contributed by atoms with Crippen LogP contribution in [0.4, 0.5) is 4.79 Å². The second-order valence-electron chi connectivity index (χ2n) is 2.51. The number of thioether (sulfide) groups is 1. The molecule has 12 heavy (non-hydrogen) atoms. The Balaban J connectivity index is 2.79. The first-order valence-corrected chi connectivity index (χ1v) is 4.88. The number of urea groups is 1. The van der Waals surface area contributed by atoms with Crippen LogP contribution in [0.1, 0.15) is 0 Å². The summed E-state index contributed by atoms with van der Waals surface area (Å²) in [5.74, 6) is 0. The number of amides is 2. The van der Waals surface area contributed by atoms with Crippen molar-refractivity contribution in [2.45, 2.75) is 0 Å². The van der Waals surface area contributed by atoms with Crippen molar-refractivity contribution >= 4 is 17.8 Å². The zero-order valence-electron chi connectivity index (χ0n) is 7.50. The zero-order chi connectivity index (χ0) is 9.14. The van der Waals surface area contributed by atoms with Gasteiger partial charge in [0.1, 0.15) is 0 Å². The van der Waals surface area contributed by atoms with E-state index in [-0.39, 0.29) is 6.03 Å². The van der Waals surface area contributed by atoms with Crippen LogP contribution >= 0.6 is 11.8 Å². The van der Waals surface area contributed by atoms with Gasteiger partial charge in [0.15, 0.2) is 0 Å². The highest BCUT2D eigenvalue weighted by molar-refractivity contribution is 8.02. The SMILES string of the molecule is CSC1=CCNN(C)C(=O)N1C. The summed E-state index contributed by atoms with van der Waals surface area (Å²) >= 11 is 1.57. The molecule has 0 aromatic heterocycles. The maximum atomic E-state index is 11.4.